The van der Waals surface area contributed by atoms with E-state index in [4.69, 9.17) is 0 Å². The largest absolute Gasteiger partial charge is 0.352 e. The summed E-state index contributed by atoms with van der Waals surface area (Å²) in [6, 6.07) is 1.18. The second kappa shape index (κ2) is 5.83. The lowest BCUT2D eigenvalue weighted by atomic mass is 10.1. The molecule has 2 fully saturated rings. The second-order valence-electron chi connectivity index (χ2n) is 5.73. The van der Waals surface area contributed by atoms with E-state index in [0.29, 0.717) is 12.0 Å². The Morgan fingerprint density at radius 3 is 2.76 bits per heavy atom. The lowest BCUT2D eigenvalue weighted by Crippen LogP contribution is -2.37. The van der Waals surface area contributed by atoms with E-state index in [0.717, 1.165) is 38.6 Å². The third-order valence-corrected chi connectivity index (χ3v) is 3.58. The first-order chi connectivity index (χ1) is 8.13. The molecule has 2 N–H and O–H groups in total. The lowest BCUT2D eigenvalue weighted by molar-refractivity contribution is -0.119. The van der Waals surface area contributed by atoms with Crippen LogP contribution in [0.2, 0.25) is 0 Å². The number of rotatable bonds is 6. The van der Waals surface area contributed by atoms with E-state index in [2.05, 4.69) is 22.5 Å². The standard InChI is InChI=1S/C13H25N3O/c1-10(7-14-12-3-4-12)8-16-6-5-13(9-16)15-11(2)17/h10,12-14H,3-9H2,1-2H3,(H,15,17). The monoisotopic (exact) mass is 239 g/mol. The Bertz CT molecular complexity index is 265. The number of nitrogens with one attached hydrogen (secondary N) is 2. The molecule has 98 valence electrons. The average Bonchev–Trinajstić information content (AvgIpc) is 2.98. The van der Waals surface area contributed by atoms with E-state index in [9.17, 15) is 4.79 Å². The molecule has 1 saturated carbocycles. The molecule has 4 nitrogen and oxygen atoms in total. The Morgan fingerprint density at radius 1 is 1.35 bits per heavy atom. The summed E-state index contributed by atoms with van der Waals surface area (Å²) in [5.74, 6) is 0.798. The van der Waals surface area contributed by atoms with Gasteiger partial charge in [-0.25, -0.2) is 0 Å². The van der Waals surface area contributed by atoms with Crippen molar-refractivity contribution in [3.63, 3.8) is 0 Å². The summed E-state index contributed by atoms with van der Waals surface area (Å²) in [4.78, 5) is 13.4. The van der Waals surface area contributed by atoms with Crippen LogP contribution < -0.4 is 10.6 Å². The first-order valence-corrected chi connectivity index (χ1v) is 6.86. The van der Waals surface area contributed by atoms with E-state index in [1.807, 2.05) is 0 Å². The lowest BCUT2D eigenvalue weighted by Gasteiger charge is -2.21. The maximum absolute atomic E-state index is 11.0. The van der Waals surface area contributed by atoms with Crippen LogP contribution >= 0.6 is 0 Å². The molecule has 1 saturated heterocycles. The van der Waals surface area contributed by atoms with Gasteiger partial charge in [0.15, 0.2) is 0 Å². The molecular formula is C13H25N3O. The molecule has 1 amide bonds. The normalized spacial score (nSPS) is 27.1. The predicted molar refractivity (Wildman–Crippen MR) is 68.9 cm³/mol. The molecule has 0 radical (unpaired) electrons. The molecule has 0 spiro atoms. The summed E-state index contributed by atoms with van der Waals surface area (Å²) in [6.45, 7) is 8.33. The second-order valence-corrected chi connectivity index (χ2v) is 5.73. The molecule has 2 rings (SSSR count). The van der Waals surface area contributed by atoms with E-state index >= 15 is 0 Å². The van der Waals surface area contributed by atoms with Gasteiger partial charge >= 0.3 is 0 Å². The number of hydrogen-bond acceptors (Lipinski definition) is 3. The van der Waals surface area contributed by atoms with Gasteiger partial charge in [-0.05, 0) is 31.7 Å². The van der Waals surface area contributed by atoms with Crippen LogP contribution in [0.4, 0.5) is 0 Å². The van der Waals surface area contributed by atoms with Gasteiger partial charge in [-0.2, -0.15) is 0 Å². The summed E-state index contributed by atoms with van der Waals surface area (Å²) < 4.78 is 0. The van der Waals surface area contributed by atoms with Crippen LogP contribution in [0.3, 0.4) is 0 Å². The van der Waals surface area contributed by atoms with Crippen molar-refractivity contribution >= 4 is 5.91 Å². The van der Waals surface area contributed by atoms with Crippen molar-refractivity contribution in [2.45, 2.75) is 45.2 Å². The van der Waals surface area contributed by atoms with Gasteiger partial charge in [0.25, 0.3) is 0 Å². The van der Waals surface area contributed by atoms with Crippen LogP contribution in [0.1, 0.15) is 33.1 Å². The number of nitrogens with zero attached hydrogens (tertiary/aromatic N) is 1. The minimum absolute atomic E-state index is 0.0975. The van der Waals surface area contributed by atoms with Gasteiger partial charge in [-0.1, -0.05) is 6.92 Å². The summed E-state index contributed by atoms with van der Waals surface area (Å²) in [7, 11) is 0. The fraction of sp³-hybridized carbons (Fsp3) is 0.923. The number of carbonyl (C=O) groups is 1. The van der Waals surface area contributed by atoms with Crippen LogP contribution in [0, 0.1) is 5.92 Å². The number of amides is 1. The minimum Gasteiger partial charge on any atom is -0.352 e. The van der Waals surface area contributed by atoms with Gasteiger partial charge in [0.1, 0.15) is 0 Å². The Balaban J connectivity index is 1.60. The molecule has 2 aliphatic rings. The quantitative estimate of drug-likeness (QED) is 0.713. The highest BCUT2D eigenvalue weighted by Crippen LogP contribution is 2.19. The maximum Gasteiger partial charge on any atom is 0.217 e. The van der Waals surface area contributed by atoms with E-state index in [-0.39, 0.29) is 5.91 Å². The first-order valence-electron chi connectivity index (χ1n) is 6.86. The van der Waals surface area contributed by atoms with E-state index < -0.39 is 0 Å². The van der Waals surface area contributed by atoms with Gasteiger partial charge in [-0.3, -0.25) is 4.79 Å². The highest BCUT2D eigenvalue weighted by molar-refractivity contribution is 5.73. The zero-order chi connectivity index (χ0) is 12.3. The van der Waals surface area contributed by atoms with E-state index in [1.54, 1.807) is 6.92 Å². The molecule has 0 aromatic heterocycles. The molecule has 0 aromatic rings. The molecule has 2 atom stereocenters. The van der Waals surface area contributed by atoms with Crippen molar-refractivity contribution in [3.05, 3.63) is 0 Å². The third kappa shape index (κ3) is 4.64. The molecule has 17 heavy (non-hydrogen) atoms. The van der Waals surface area contributed by atoms with Crippen LogP contribution in [0.25, 0.3) is 0 Å². The topological polar surface area (TPSA) is 44.4 Å². The summed E-state index contributed by atoms with van der Waals surface area (Å²) in [5, 5.41) is 6.59. The molecule has 4 heteroatoms. The highest BCUT2D eigenvalue weighted by atomic mass is 16.1. The van der Waals surface area contributed by atoms with Gasteiger partial charge in [0.05, 0.1) is 0 Å². The smallest absolute Gasteiger partial charge is 0.217 e. The Kier molecular flexibility index (Phi) is 4.40. The number of carbonyl (C=O) groups excluding carboxylic acids is 1. The highest BCUT2D eigenvalue weighted by Gasteiger charge is 2.25. The van der Waals surface area contributed by atoms with Crippen molar-refractivity contribution in [1.82, 2.24) is 15.5 Å². The Labute approximate surface area is 104 Å². The van der Waals surface area contributed by atoms with Crippen molar-refractivity contribution in [2.24, 2.45) is 5.92 Å². The van der Waals surface area contributed by atoms with Gasteiger partial charge in [0.2, 0.25) is 5.91 Å². The Morgan fingerprint density at radius 2 is 2.12 bits per heavy atom. The number of likely N-dealkylation sites (tertiary alicyclic amines) is 1. The predicted octanol–water partition coefficient (Wildman–Crippen LogP) is 0.585. The summed E-state index contributed by atoms with van der Waals surface area (Å²) in [6.07, 6.45) is 3.82. The fourth-order valence-corrected chi connectivity index (χ4v) is 2.56. The van der Waals surface area contributed by atoms with Gasteiger partial charge in [-0.15, -0.1) is 0 Å². The van der Waals surface area contributed by atoms with Crippen molar-refractivity contribution in [3.8, 4) is 0 Å². The molecule has 0 aromatic carbocycles. The third-order valence-electron chi connectivity index (χ3n) is 3.58. The van der Waals surface area contributed by atoms with Crippen LogP contribution in [0.15, 0.2) is 0 Å². The molecular weight excluding hydrogens is 214 g/mol. The fourth-order valence-electron chi connectivity index (χ4n) is 2.56. The SMILES string of the molecule is CC(=O)NC1CCN(CC(C)CNC2CC2)C1. The zero-order valence-electron chi connectivity index (χ0n) is 11.0. The Hall–Kier alpha value is -0.610. The van der Waals surface area contributed by atoms with Crippen LogP contribution in [-0.2, 0) is 4.79 Å². The van der Waals surface area contributed by atoms with Crippen LogP contribution in [-0.4, -0.2) is 49.1 Å². The van der Waals surface area contributed by atoms with Crippen molar-refractivity contribution in [1.29, 1.82) is 0 Å². The molecule has 1 aliphatic carbocycles. The van der Waals surface area contributed by atoms with Gasteiger partial charge in [0, 0.05) is 38.6 Å². The minimum atomic E-state index is 0.0975. The first kappa shape index (κ1) is 12.8. The zero-order valence-corrected chi connectivity index (χ0v) is 11.0. The van der Waals surface area contributed by atoms with Gasteiger partial charge < -0.3 is 15.5 Å². The molecule has 1 aliphatic heterocycles. The molecule has 2 unspecified atom stereocenters. The maximum atomic E-state index is 11.0. The van der Waals surface area contributed by atoms with Crippen LogP contribution in [0.5, 0.6) is 0 Å². The van der Waals surface area contributed by atoms with Crippen molar-refractivity contribution in [2.75, 3.05) is 26.2 Å². The number of hydrogen-bond donors (Lipinski definition) is 2. The summed E-state index contributed by atoms with van der Waals surface area (Å²) in [5.41, 5.74) is 0. The van der Waals surface area contributed by atoms with Crippen molar-refractivity contribution < 1.29 is 4.79 Å². The molecule has 1 heterocycles. The average molecular weight is 239 g/mol. The van der Waals surface area contributed by atoms with E-state index in [1.165, 1.54) is 12.8 Å². The molecule has 0 bridgehead atoms. The summed E-state index contributed by atoms with van der Waals surface area (Å²) >= 11 is 0.